The standard InChI is InChI=1S/C11H13NO3/c1-14-9-5-3-8(4-6-11(12)13)7-10(9)15-2/h3-7H,1-2H3,(H2,12,13)/b6-4-. The first-order valence-corrected chi connectivity index (χ1v) is 4.37. The molecule has 0 saturated heterocycles. The second-order valence-corrected chi connectivity index (χ2v) is 2.85. The summed E-state index contributed by atoms with van der Waals surface area (Å²) < 4.78 is 10.2. The lowest BCUT2D eigenvalue weighted by molar-refractivity contribution is -0.113. The smallest absolute Gasteiger partial charge is 0.241 e. The summed E-state index contributed by atoms with van der Waals surface area (Å²) in [5, 5.41) is 0. The van der Waals surface area contributed by atoms with Crippen LogP contribution >= 0.6 is 0 Å². The lowest BCUT2D eigenvalue weighted by Gasteiger charge is -2.07. The van der Waals surface area contributed by atoms with Crippen LogP contribution in [0.1, 0.15) is 5.56 Å². The highest BCUT2D eigenvalue weighted by Gasteiger charge is 2.02. The van der Waals surface area contributed by atoms with Gasteiger partial charge in [-0.1, -0.05) is 6.07 Å². The predicted molar refractivity (Wildman–Crippen MR) is 57.8 cm³/mol. The third-order valence-corrected chi connectivity index (χ3v) is 1.85. The second kappa shape index (κ2) is 5.05. The maximum Gasteiger partial charge on any atom is 0.241 e. The van der Waals surface area contributed by atoms with E-state index in [9.17, 15) is 4.79 Å². The molecule has 4 heteroatoms. The number of amides is 1. The minimum absolute atomic E-state index is 0.482. The maximum atomic E-state index is 10.5. The Bertz CT molecular complexity index is 385. The molecule has 2 N–H and O–H groups in total. The van der Waals surface area contributed by atoms with Gasteiger partial charge in [0.25, 0.3) is 0 Å². The molecule has 0 aliphatic carbocycles. The van der Waals surface area contributed by atoms with Gasteiger partial charge in [0.1, 0.15) is 0 Å². The number of hydrogen-bond acceptors (Lipinski definition) is 3. The summed E-state index contributed by atoms with van der Waals surface area (Å²) in [5.74, 6) is 0.780. The molecule has 0 saturated carbocycles. The van der Waals surface area contributed by atoms with E-state index in [1.165, 1.54) is 6.08 Å². The normalized spacial score (nSPS) is 10.3. The Morgan fingerprint density at radius 1 is 1.27 bits per heavy atom. The van der Waals surface area contributed by atoms with Crippen LogP contribution in [0, 0.1) is 0 Å². The van der Waals surface area contributed by atoms with Crippen molar-refractivity contribution in [3.8, 4) is 11.5 Å². The van der Waals surface area contributed by atoms with Crippen LogP contribution in [0.25, 0.3) is 6.08 Å². The Balaban J connectivity index is 2.97. The zero-order chi connectivity index (χ0) is 11.3. The van der Waals surface area contributed by atoms with E-state index < -0.39 is 5.91 Å². The highest BCUT2D eigenvalue weighted by molar-refractivity contribution is 5.90. The molecule has 1 aromatic carbocycles. The van der Waals surface area contributed by atoms with E-state index in [1.807, 2.05) is 0 Å². The van der Waals surface area contributed by atoms with Gasteiger partial charge in [-0.15, -0.1) is 0 Å². The molecule has 0 unspecified atom stereocenters. The predicted octanol–water partition coefficient (Wildman–Crippen LogP) is 1.20. The van der Waals surface area contributed by atoms with Gasteiger partial charge < -0.3 is 15.2 Å². The average molecular weight is 207 g/mol. The number of nitrogens with two attached hydrogens (primary N) is 1. The molecular weight excluding hydrogens is 194 g/mol. The largest absolute Gasteiger partial charge is 0.493 e. The minimum atomic E-state index is -0.482. The molecule has 4 nitrogen and oxygen atoms in total. The summed E-state index contributed by atoms with van der Waals surface area (Å²) in [7, 11) is 3.12. The number of primary amides is 1. The highest BCUT2D eigenvalue weighted by atomic mass is 16.5. The van der Waals surface area contributed by atoms with Crippen LogP contribution < -0.4 is 15.2 Å². The van der Waals surface area contributed by atoms with Crippen LogP contribution in [-0.4, -0.2) is 20.1 Å². The van der Waals surface area contributed by atoms with Crippen LogP contribution in [0.5, 0.6) is 11.5 Å². The summed E-state index contributed by atoms with van der Waals surface area (Å²) in [5.41, 5.74) is 5.81. The first-order chi connectivity index (χ1) is 7.17. The molecule has 0 aliphatic heterocycles. The number of ether oxygens (including phenoxy) is 2. The molecule has 0 radical (unpaired) electrons. The van der Waals surface area contributed by atoms with Crippen molar-refractivity contribution in [3.05, 3.63) is 29.8 Å². The number of hydrogen-bond donors (Lipinski definition) is 1. The van der Waals surface area contributed by atoms with Gasteiger partial charge >= 0.3 is 0 Å². The summed E-state index contributed by atoms with van der Waals surface area (Å²) in [6.07, 6.45) is 2.91. The van der Waals surface area contributed by atoms with Crippen molar-refractivity contribution < 1.29 is 14.3 Å². The van der Waals surface area contributed by atoms with Gasteiger partial charge in [0.15, 0.2) is 11.5 Å². The Morgan fingerprint density at radius 3 is 2.47 bits per heavy atom. The van der Waals surface area contributed by atoms with Gasteiger partial charge in [0, 0.05) is 6.08 Å². The monoisotopic (exact) mass is 207 g/mol. The molecule has 0 aromatic heterocycles. The fourth-order valence-corrected chi connectivity index (χ4v) is 1.13. The van der Waals surface area contributed by atoms with E-state index in [0.717, 1.165) is 5.56 Å². The van der Waals surface area contributed by atoms with Crippen molar-refractivity contribution in [2.75, 3.05) is 14.2 Å². The molecule has 0 fully saturated rings. The van der Waals surface area contributed by atoms with Crippen LogP contribution in [0.4, 0.5) is 0 Å². The zero-order valence-electron chi connectivity index (χ0n) is 8.69. The molecule has 0 aliphatic rings. The quantitative estimate of drug-likeness (QED) is 0.754. The van der Waals surface area contributed by atoms with Crippen LogP contribution in [0.2, 0.25) is 0 Å². The van der Waals surface area contributed by atoms with Crippen molar-refractivity contribution in [3.63, 3.8) is 0 Å². The molecule has 15 heavy (non-hydrogen) atoms. The van der Waals surface area contributed by atoms with E-state index in [0.29, 0.717) is 11.5 Å². The summed E-state index contributed by atoms with van der Waals surface area (Å²) >= 11 is 0. The molecule has 80 valence electrons. The SMILES string of the molecule is COc1ccc(/C=C\C(N)=O)cc1OC. The van der Waals surface area contributed by atoms with Gasteiger partial charge in [-0.2, -0.15) is 0 Å². The van der Waals surface area contributed by atoms with Gasteiger partial charge in [-0.05, 0) is 23.8 Å². The Kier molecular flexibility index (Phi) is 3.74. The Labute approximate surface area is 88.3 Å². The fourth-order valence-electron chi connectivity index (χ4n) is 1.13. The molecule has 0 bridgehead atoms. The molecule has 1 rings (SSSR count). The summed E-state index contributed by atoms with van der Waals surface area (Å²) in [6.45, 7) is 0. The average Bonchev–Trinajstić information content (AvgIpc) is 2.25. The maximum absolute atomic E-state index is 10.5. The van der Waals surface area contributed by atoms with Gasteiger partial charge in [0.05, 0.1) is 14.2 Å². The molecule has 0 spiro atoms. The van der Waals surface area contributed by atoms with Crippen molar-refractivity contribution in [2.24, 2.45) is 5.73 Å². The van der Waals surface area contributed by atoms with E-state index in [2.05, 4.69) is 0 Å². The van der Waals surface area contributed by atoms with E-state index in [4.69, 9.17) is 15.2 Å². The van der Waals surface area contributed by atoms with Crippen LogP contribution in [-0.2, 0) is 4.79 Å². The highest BCUT2D eigenvalue weighted by Crippen LogP contribution is 2.27. The number of benzene rings is 1. The molecular formula is C11H13NO3. The van der Waals surface area contributed by atoms with Crippen molar-refractivity contribution >= 4 is 12.0 Å². The number of rotatable bonds is 4. The van der Waals surface area contributed by atoms with Crippen molar-refractivity contribution in [1.29, 1.82) is 0 Å². The molecule has 1 aromatic rings. The van der Waals surface area contributed by atoms with Gasteiger partial charge in [0.2, 0.25) is 5.91 Å². The molecule has 0 atom stereocenters. The van der Waals surface area contributed by atoms with Gasteiger partial charge in [-0.25, -0.2) is 0 Å². The van der Waals surface area contributed by atoms with Crippen molar-refractivity contribution in [2.45, 2.75) is 0 Å². The summed E-state index contributed by atoms with van der Waals surface area (Å²) in [6, 6.07) is 5.33. The molecule has 1 amide bonds. The van der Waals surface area contributed by atoms with Crippen LogP contribution in [0.3, 0.4) is 0 Å². The third-order valence-electron chi connectivity index (χ3n) is 1.85. The third kappa shape index (κ3) is 3.02. The van der Waals surface area contributed by atoms with Crippen LogP contribution in [0.15, 0.2) is 24.3 Å². The number of methoxy groups -OCH3 is 2. The summed E-state index contributed by atoms with van der Waals surface area (Å²) in [4.78, 5) is 10.5. The van der Waals surface area contributed by atoms with Crippen molar-refractivity contribution in [1.82, 2.24) is 0 Å². The minimum Gasteiger partial charge on any atom is -0.493 e. The number of carbonyl (C=O) groups is 1. The fraction of sp³-hybridized carbons (Fsp3) is 0.182. The van der Waals surface area contributed by atoms with E-state index in [-0.39, 0.29) is 0 Å². The first-order valence-electron chi connectivity index (χ1n) is 4.37. The Hall–Kier alpha value is -1.97. The second-order valence-electron chi connectivity index (χ2n) is 2.85. The molecule has 0 heterocycles. The lowest BCUT2D eigenvalue weighted by Crippen LogP contribution is -2.05. The van der Waals surface area contributed by atoms with E-state index >= 15 is 0 Å². The lowest BCUT2D eigenvalue weighted by atomic mass is 10.2. The Morgan fingerprint density at radius 2 is 1.93 bits per heavy atom. The van der Waals surface area contributed by atoms with Gasteiger partial charge in [-0.3, -0.25) is 4.79 Å². The topological polar surface area (TPSA) is 61.5 Å². The zero-order valence-corrected chi connectivity index (χ0v) is 8.69. The van der Waals surface area contributed by atoms with E-state index in [1.54, 1.807) is 38.5 Å². The number of carbonyl (C=O) groups excluding carboxylic acids is 1. The first kappa shape index (κ1) is 11.1.